The van der Waals surface area contributed by atoms with Crippen molar-refractivity contribution in [2.24, 2.45) is 0 Å². The van der Waals surface area contributed by atoms with Gasteiger partial charge in [-0.2, -0.15) is 10.5 Å². The molecule has 0 N–H and O–H groups in total. The first-order chi connectivity index (χ1) is 24.4. The normalized spacial score (nSPS) is 13.1. The van der Waals surface area contributed by atoms with Gasteiger partial charge in [-0.05, 0) is 117 Å². The molecule has 0 bridgehead atoms. The van der Waals surface area contributed by atoms with Crippen molar-refractivity contribution in [1.82, 2.24) is 4.57 Å². The zero-order valence-corrected chi connectivity index (χ0v) is 28.7. The van der Waals surface area contributed by atoms with Crippen LogP contribution in [0.5, 0.6) is 0 Å². The van der Waals surface area contributed by atoms with E-state index in [1.807, 2.05) is 12.1 Å². The summed E-state index contributed by atoms with van der Waals surface area (Å²) in [6, 6.07) is 46.2. The first kappa shape index (κ1) is 29.9. The number of hydrogen-bond acceptors (Lipinski definition) is 2. The molecule has 0 atom stereocenters. The van der Waals surface area contributed by atoms with Gasteiger partial charge in [-0.1, -0.05) is 94.4 Å². The minimum Gasteiger partial charge on any atom is -0.309 e. The number of nitriles is 2. The minimum atomic E-state index is -0.277. The molecule has 1 aliphatic carbocycles. The standard InChI is InChI=1S/C47H35N3/c1-5-28-21-38-39-23-41-40(46-36-19-13-11-17-34(36)31(27-49)22-42(46)47(41,3)4)25-44(39)50(32-14-8-7-9-15-32)43(38)24-37(28)45-29(6-2)20-30(26-48)33-16-10-12-18-35(33)45/h7-25H,5-6H2,1-4H3. The summed E-state index contributed by atoms with van der Waals surface area (Å²) >= 11 is 0. The summed E-state index contributed by atoms with van der Waals surface area (Å²) in [5.41, 5.74) is 14.5. The number of aromatic nitrogens is 1. The second-order valence-electron chi connectivity index (χ2n) is 14.1. The molecule has 1 aliphatic rings. The third-order valence-corrected chi connectivity index (χ3v) is 11.2. The molecule has 0 unspecified atom stereocenters. The lowest BCUT2D eigenvalue weighted by molar-refractivity contribution is 0.661. The predicted molar refractivity (Wildman–Crippen MR) is 207 cm³/mol. The van der Waals surface area contributed by atoms with Crippen molar-refractivity contribution in [2.45, 2.75) is 46.0 Å². The van der Waals surface area contributed by atoms with E-state index in [0.717, 1.165) is 51.2 Å². The van der Waals surface area contributed by atoms with Gasteiger partial charge in [0, 0.05) is 32.6 Å². The molecule has 0 saturated heterocycles. The first-order valence-corrected chi connectivity index (χ1v) is 17.5. The summed E-state index contributed by atoms with van der Waals surface area (Å²) < 4.78 is 2.43. The highest BCUT2D eigenvalue weighted by Crippen LogP contribution is 2.54. The fraction of sp³-hybridized carbons (Fsp3) is 0.149. The van der Waals surface area contributed by atoms with Crippen LogP contribution in [0.1, 0.15) is 61.1 Å². The average Bonchev–Trinajstić information content (AvgIpc) is 3.59. The van der Waals surface area contributed by atoms with Crippen LogP contribution >= 0.6 is 0 Å². The Hall–Kier alpha value is -6.16. The zero-order chi connectivity index (χ0) is 34.3. The van der Waals surface area contributed by atoms with Gasteiger partial charge in [0.1, 0.15) is 0 Å². The quantitative estimate of drug-likeness (QED) is 0.192. The number of fused-ring (bicyclic) bond motifs is 9. The molecule has 0 aliphatic heterocycles. The van der Waals surface area contributed by atoms with Gasteiger partial charge in [0.25, 0.3) is 0 Å². The van der Waals surface area contributed by atoms with Crippen molar-refractivity contribution in [3.8, 4) is 40.1 Å². The number of nitrogens with zero attached hydrogens (tertiary/aromatic N) is 3. The van der Waals surface area contributed by atoms with Gasteiger partial charge < -0.3 is 4.57 Å². The Balaban J connectivity index is 1.43. The van der Waals surface area contributed by atoms with Gasteiger partial charge in [-0.15, -0.1) is 0 Å². The monoisotopic (exact) mass is 641 g/mol. The lowest BCUT2D eigenvalue weighted by atomic mass is 9.81. The van der Waals surface area contributed by atoms with Crippen LogP contribution in [0.15, 0.2) is 115 Å². The molecule has 1 aromatic heterocycles. The van der Waals surface area contributed by atoms with Gasteiger partial charge in [0.15, 0.2) is 0 Å². The molecule has 7 aromatic carbocycles. The maximum atomic E-state index is 10.2. The summed E-state index contributed by atoms with van der Waals surface area (Å²) in [5.74, 6) is 0. The molecule has 8 aromatic rings. The van der Waals surface area contributed by atoms with E-state index in [-0.39, 0.29) is 5.41 Å². The molecule has 1 heterocycles. The van der Waals surface area contributed by atoms with Crippen LogP contribution in [0.2, 0.25) is 0 Å². The number of para-hydroxylation sites is 1. The van der Waals surface area contributed by atoms with E-state index in [1.165, 1.54) is 66.3 Å². The molecule has 0 radical (unpaired) electrons. The van der Waals surface area contributed by atoms with Crippen molar-refractivity contribution in [3.63, 3.8) is 0 Å². The maximum absolute atomic E-state index is 10.2. The Morgan fingerprint density at radius 1 is 0.520 bits per heavy atom. The van der Waals surface area contributed by atoms with E-state index in [1.54, 1.807) is 0 Å². The zero-order valence-electron chi connectivity index (χ0n) is 28.7. The Labute approximate surface area is 292 Å². The summed E-state index contributed by atoms with van der Waals surface area (Å²) in [4.78, 5) is 0. The molecule has 0 spiro atoms. The van der Waals surface area contributed by atoms with Crippen LogP contribution in [0.4, 0.5) is 0 Å². The van der Waals surface area contributed by atoms with E-state index in [2.05, 4.69) is 148 Å². The highest BCUT2D eigenvalue weighted by atomic mass is 15.0. The summed E-state index contributed by atoms with van der Waals surface area (Å²) in [6.45, 7) is 9.03. The lowest BCUT2D eigenvalue weighted by Gasteiger charge is -2.22. The summed E-state index contributed by atoms with van der Waals surface area (Å²) in [5, 5.41) is 27.0. The van der Waals surface area contributed by atoms with Crippen LogP contribution in [0, 0.1) is 22.7 Å². The van der Waals surface area contributed by atoms with Gasteiger partial charge in [0.05, 0.1) is 34.3 Å². The molecule has 50 heavy (non-hydrogen) atoms. The van der Waals surface area contributed by atoms with E-state index < -0.39 is 0 Å². The second-order valence-corrected chi connectivity index (χ2v) is 14.1. The second kappa shape index (κ2) is 10.9. The molecule has 9 rings (SSSR count). The molecular weight excluding hydrogens is 607 g/mol. The van der Waals surface area contributed by atoms with Crippen LogP contribution in [-0.2, 0) is 18.3 Å². The molecular formula is C47H35N3. The van der Waals surface area contributed by atoms with Gasteiger partial charge in [-0.3, -0.25) is 0 Å². The molecule has 0 amide bonds. The van der Waals surface area contributed by atoms with E-state index in [9.17, 15) is 10.5 Å². The van der Waals surface area contributed by atoms with E-state index >= 15 is 0 Å². The summed E-state index contributed by atoms with van der Waals surface area (Å²) in [7, 11) is 0. The maximum Gasteiger partial charge on any atom is 0.0998 e. The van der Waals surface area contributed by atoms with Gasteiger partial charge >= 0.3 is 0 Å². The third kappa shape index (κ3) is 4.01. The van der Waals surface area contributed by atoms with Crippen molar-refractivity contribution in [3.05, 3.63) is 149 Å². The predicted octanol–water partition coefficient (Wildman–Crippen LogP) is 11.9. The molecule has 238 valence electrons. The fourth-order valence-electron chi connectivity index (χ4n) is 8.78. The Bertz CT molecular complexity index is 2820. The number of benzene rings is 7. The van der Waals surface area contributed by atoms with Crippen LogP contribution < -0.4 is 0 Å². The fourth-order valence-corrected chi connectivity index (χ4v) is 8.78. The van der Waals surface area contributed by atoms with Crippen molar-refractivity contribution >= 4 is 43.4 Å². The number of hydrogen-bond donors (Lipinski definition) is 0. The first-order valence-electron chi connectivity index (χ1n) is 17.5. The third-order valence-electron chi connectivity index (χ3n) is 11.2. The van der Waals surface area contributed by atoms with Crippen molar-refractivity contribution in [2.75, 3.05) is 0 Å². The Morgan fingerprint density at radius 2 is 1.06 bits per heavy atom. The van der Waals surface area contributed by atoms with E-state index in [0.29, 0.717) is 0 Å². The number of aryl methyl sites for hydroxylation is 2. The van der Waals surface area contributed by atoms with Crippen LogP contribution in [-0.4, -0.2) is 4.57 Å². The molecule has 0 fully saturated rings. The van der Waals surface area contributed by atoms with E-state index in [4.69, 9.17) is 0 Å². The number of rotatable bonds is 4. The largest absolute Gasteiger partial charge is 0.309 e. The van der Waals surface area contributed by atoms with Gasteiger partial charge in [0.2, 0.25) is 0 Å². The molecule has 0 saturated carbocycles. The topological polar surface area (TPSA) is 52.5 Å². The van der Waals surface area contributed by atoms with Gasteiger partial charge in [-0.25, -0.2) is 0 Å². The van der Waals surface area contributed by atoms with Crippen LogP contribution in [0.25, 0.3) is 71.3 Å². The Kier molecular flexibility index (Phi) is 6.54. The summed E-state index contributed by atoms with van der Waals surface area (Å²) in [6.07, 6.45) is 1.71. The molecule has 3 heteroatoms. The SMILES string of the molecule is CCc1cc2c3cc4c(cc3n(-c3ccccc3)c2cc1-c1c(CC)cc(C#N)c2ccccc12)-c1c(cc(C#N)c2ccccc12)C4(C)C. The Morgan fingerprint density at radius 3 is 1.68 bits per heavy atom. The highest BCUT2D eigenvalue weighted by molar-refractivity contribution is 6.15. The molecule has 3 nitrogen and oxygen atoms in total. The minimum absolute atomic E-state index is 0.277. The average molecular weight is 642 g/mol. The highest BCUT2D eigenvalue weighted by Gasteiger charge is 2.38. The smallest absolute Gasteiger partial charge is 0.0998 e. The van der Waals surface area contributed by atoms with Crippen molar-refractivity contribution in [1.29, 1.82) is 10.5 Å². The van der Waals surface area contributed by atoms with Crippen molar-refractivity contribution < 1.29 is 0 Å². The van der Waals surface area contributed by atoms with Crippen LogP contribution in [0.3, 0.4) is 0 Å². The lowest BCUT2D eigenvalue weighted by Crippen LogP contribution is -2.15.